The van der Waals surface area contributed by atoms with Gasteiger partial charge in [0.15, 0.2) is 6.29 Å². The van der Waals surface area contributed by atoms with Crippen LogP contribution in [0.2, 0.25) is 0 Å². The van der Waals surface area contributed by atoms with Gasteiger partial charge in [-0.2, -0.15) is 5.90 Å². The standard InChI is InChI=1S/C6H14O2.C2H5NO2/c1-4-7-6(3)8-5-2;1-2(4)5-3/h6H,4-5H2,1-3H3;3H2,1H3. The fraction of sp³-hybridized carbons (Fsp3) is 0.875. The number of carbonyl (C=O) groups excluding carboxylic acids is 1. The van der Waals surface area contributed by atoms with E-state index in [1.807, 2.05) is 20.8 Å². The first-order chi connectivity index (χ1) is 6.08. The van der Waals surface area contributed by atoms with E-state index in [2.05, 4.69) is 10.7 Å². The Morgan fingerprint density at radius 3 is 1.77 bits per heavy atom. The Morgan fingerprint density at radius 2 is 1.62 bits per heavy atom. The summed E-state index contributed by atoms with van der Waals surface area (Å²) in [4.78, 5) is 13.1. The van der Waals surface area contributed by atoms with Crippen molar-refractivity contribution in [1.29, 1.82) is 0 Å². The number of hydrogen-bond donors (Lipinski definition) is 1. The van der Waals surface area contributed by atoms with Crippen molar-refractivity contribution in [3.63, 3.8) is 0 Å². The molecule has 0 saturated carbocycles. The molecule has 0 aliphatic heterocycles. The van der Waals surface area contributed by atoms with Gasteiger partial charge in [0.05, 0.1) is 0 Å². The summed E-state index contributed by atoms with van der Waals surface area (Å²) in [6.45, 7) is 8.49. The van der Waals surface area contributed by atoms with Crippen molar-refractivity contribution in [3.05, 3.63) is 0 Å². The molecule has 0 atom stereocenters. The van der Waals surface area contributed by atoms with E-state index < -0.39 is 5.97 Å². The molecule has 5 heteroatoms. The number of hydrogen-bond acceptors (Lipinski definition) is 5. The molecule has 0 radical (unpaired) electrons. The van der Waals surface area contributed by atoms with Gasteiger partial charge >= 0.3 is 5.97 Å². The van der Waals surface area contributed by atoms with Crippen LogP contribution in [0.1, 0.15) is 27.7 Å². The Kier molecular flexibility index (Phi) is 13.0. The molecule has 0 amide bonds. The summed E-state index contributed by atoms with van der Waals surface area (Å²) in [5.41, 5.74) is 0. The summed E-state index contributed by atoms with van der Waals surface area (Å²) in [5, 5.41) is 0. The monoisotopic (exact) mass is 193 g/mol. The normalized spacial score (nSPS) is 9.08. The SMILES string of the molecule is CC(=O)ON.CCOC(C)OCC. The Bertz CT molecular complexity index is 113. The van der Waals surface area contributed by atoms with Gasteiger partial charge in [0, 0.05) is 20.1 Å². The third-order valence-electron chi connectivity index (χ3n) is 0.969. The number of rotatable bonds is 4. The molecule has 0 aliphatic carbocycles. The third kappa shape index (κ3) is 18.4. The quantitative estimate of drug-likeness (QED) is 0.529. The second-order valence-electron chi connectivity index (χ2n) is 2.09. The van der Waals surface area contributed by atoms with E-state index in [0.717, 1.165) is 13.2 Å². The molecule has 0 fully saturated rings. The molecule has 0 rings (SSSR count). The lowest BCUT2D eigenvalue weighted by molar-refractivity contribution is -0.141. The predicted octanol–water partition coefficient (Wildman–Crippen LogP) is 0.829. The average Bonchev–Trinajstić information content (AvgIpc) is 2.06. The summed E-state index contributed by atoms with van der Waals surface area (Å²) < 4.78 is 10.1. The first kappa shape index (κ1) is 14.9. The van der Waals surface area contributed by atoms with E-state index in [9.17, 15) is 4.79 Å². The Hall–Kier alpha value is -0.650. The highest BCUT2D eigenvalue weighted by Crippen LogP contribution is 1.90. The molecule has 0 aromatic rings. The van der Waals surface area contributed by atoms with Gasteiger partial charge in [0.25, 0.3) is 0 Å². The zero-order valence-electron chi connectivity index (χ0n) is 8.70. The Morgan fingerprint density at radius 1 is 1.31 bits per heavy atom. The smallest absolute Gasteiger partial charge is 0.321 e. The van der Waals surface area contributed by atoms with Crippen molar-refractivity contribution in [2.75, 3.05) is 13.2 Å². The summed E-state index contributed by atoms with van der Waals surface area (Å²) in [7, 11) is 0. The van der Waals surface area contributed by atoms with E-state index in [-0.39, 0.29) is 6.29 Å². The van der Waals surface area contributed by atoms with Crippen molar-refractivity contribution >= 4 is 5.97 Å². The summed E-state index contributed by atoms with van der Waals surface area (Å²) in [5.74, 6) is 3.85. The molecule has 5 nitrogen and oxygen atoms in total. The first-order valence-corrected chi connectivity index (χ1v) is 4.18. The first-order valence-electron chi connectivity index (χ1n) is 4.18. The van der Waals surface area contributed by atoms with Gasteiger partial charge < -0.3 is 14.3 Å². The highest BCUT2D eigenvalue weighted by Gasteiger charge is 1.94. The van der Waals surface area contributed by atoms with Crippen LogP contribution in [0, 0.1) is 0 Å². The van der Waals surface area contributed by atoms with Gasteiger partial charge in [0.2, 0.25) is 0 Å². The van der Waals surface area contributed by atoms with Crippen LogP contribution in [0.3, 0.4) is 0 Å². The molecule has 0 spiro atoms. The van der Waals surface area contributed by atoms with E-state index in [4.69, 9.17) is 9.47 Å². The molecule has 0 aromatic heterocycles. The molecule has 0 heterocycles. The zero-order valence-corrected chi connectivity index (χ0v) is 8.70. The molecular formula is C8H19NO4. The van der Waals surface area contributed by atoms with Crippen molar-refractivity contribution < 1.29 is 19.1 Å². The van der Waals surface area contributed by atoms with Crippen LogP contribution in [-0.2, 0) is 19.1 Å². The van der Waals surface area contributed by atoms with E-state index >= 15 is 0 Å². The average molecular weight is 193 g/mol. The van der Waals surface area contributed by atoms with E-state index in [0.29, 0.717) is 0 Å². The van der Waals surface area contributed by atoms with Gasteiger partial charge in [-0.25, -0.2) is 0 Å². The molecule has 0 bridgehead atoms. The third-order valence-corrected chi connectivity index (χ3v) is 0.969. The van der Waals surface area contributed by atoms with Gasteiger partial charge in [-0.05, 0) is 20.8 Å². The fourth-order valence-corrected chi connectivity index (χ4v) is 0.518. The number of carbonyl (C=O) groups is 1. The maximum atomic E-state index is 9.47. The highest BCUT2D eigenvalue weighted by molar-refractivity contribution is 5.65. The second kappa shape index (κ2) is 11.4. The lowest BCUT2D eigenvalue weighted by Crippen LogP contribution is -2.11. The van der Waals surface area contributed by atoms with Crippen molar-refractivity contribution in [1.82, 2.24) is 0 Å². The van der Waals surface area contributed by atoms with Crippen LogP contribution >= 0.6 is 0 Å². The fourth-order valence-electron chi connectivity index (χ4n) is 0.518. The Balaban J connectivity index is 0. The maximum Gasteiger partial charge on any atom is 0.321 e. The minimum absolute atomic E-state index is 0.0370. The molecule has 0 aliphatic rings. The topological polar surface area (TPSA) is 70.8 Å². The summed E-state index contributed by atoms with van der Waals surface area (Å²) in [6, 6.07) is 0. The van der Waals surface area contributed by atoms with Crippen LogP contribution in [0.5, 0.6) is 0 Å². The second-order valence-corrected chi connectivity index (χ2v) is 2.09. The van der Waals surface area contributed by atoms with Crippen LogP contribution in [0.25, 0.3) is 0 Å². The molecular weight excluding hydrogens is 174 g/mol. The number of ether oxygens (including phenoxy) is 2. The van der Waals surface area contributed by atoms with Crippen LogP contribution < -0.4 is 5.90 Å². The van der Waals surface area contributed by atoms with Crippen LogP contribution in [-0.4, -0.2) is 25.5 Å². The van der Waals surface area contributed by atoms with Crippen LogP contribution in [0.15, 0.2) is 0 Å². The van der Waals surface area contributed by atoms with E-state index in [1.165, 1.54) is 6.92 Å². The van der Waals surface area contributed by atoms with Gasteiger partial charge in [-0.1, -0.05) is 0 Å². The van der Waals surface area contributed by atoms with E-state index in [1.54, 1.807) is 0 Å². The van der Waals surface area contributed by atoms with Gasteiger partial charge in [-0.15, -0.1) is 0 Å². The molecule has 0 unspecified atom stereocenters. The van der Waals surface area contributed by atoms with Crippen molar-refractivity contribution in [2.45, 2.75) is 34.0 Å². The van der Waals surface area contributed by atoms with Crippen molar-refractivity contribution in [3.8, 4) is 0 Å². The molecule has 80 valence electrons. The maximum absolute atomic E-state index is 9.47. The molecule has 0 aromatic carbocycles. The van der Waals surface area contributed by atoms with Gasteiger partial charge in [0.1, 0.15) is 0 Å². The van der Waals surface area contributed by atoms with Gasteiger partial charge in [-0.3, -0.25) is 4.79 Å². The Labute approximate surface area is 79.1 Å². The predicted molar refractivity (Wildman–Crippen MR) is 48.7 cm³/mol. The largest absolute Gasteiger partial charge is 0.374 e. The zero-order chi connectivity index (χ0) is 10.7. The summed E-state index contributed by atoms with van der Waals surface area (Å²) in [6.07, 6.45) is -0.0370. The molecule has 0 saturated heterocycles. The highest BCUT2D eigenvalue weighted by atomic mass is 16.7. The summed E-state index contributed by atoms with van der Waals surface area (Å²) >= 11 is 0. The number of nitrogens with two attached hydrogens (primary N) is 1. The molecule has 2 N–H and O–H groups in total. The van der Waals surface area contributed by atoms with Crippen molar-refractivity contribution in [2.24, 2.45) is 5.90 Å². The minimum atomic E-state index is -0.468. The lowest BCUT2D eigenvalue weighted by atomic mass is 10.7. The van der Waals surface area contributed by atoms with Crippen LogP contribution in [0.4, 0.5) is 0 Å². The minimum Gasteiger partial charge on any atom is -0.374 e. The lowest BCUT2D eigenvalue weighted by Gasteiger charge is -2.09. The molecule has 13 heavy (non-hydrogen) atoms.